The smallest absolute Gasteiger partial charge is 0.0837 e. The zero-order valence-corrected chi connectivity index (χ0v) is 18.4. The first-order chi connectivity index (χ1) is 13.1. The molecule has 0 amide bonds. The maximum atomic E-state index is 5.76. The van der Waals surface area contributed by atoms with Gasteiger partial charge < -0.3 is 0 Å². The van der Waals surface area contributed by atoms with Gasteiger partial charge in [-0.05, 0) is 42.4 Å². The Morgan fingerprint density at radius 2 is 1.07 bits per heavy atom. The maximum Gasteiger partial charge on any atom is 0.190 e. The summed E-state index contributed by atoms with van der Waals surface area (Å²) in [5, 5.41) is 0. The van der Waals surface area contributed by atoms with Gasteiger partial charge in [0.2, 0.25) is 0 Å². The fraction of sp³-hybridized carbons (Fsp3) is 0.500. The Morgan fingerprint density at radius 1 is 0.556 bits per heavy atom. The first kappa shape index (κ1) is 22.6. The monoisotopic (exact) mass is 424 g/mol. The van der Waals surface area contributed by atoms with E-state index < -0.39 is 3.79 Å². The van der Waals surface area contributed by atoms with Crippen molar-refractivity contribution in [3.05, 3.63) is 60.2 Å². The molecule has 0 saturated carbocycles. The zero-order valence-electron chi connectivity index (χ0n) is 16.1. The third-order valence-corrected chi connectivity index (χ3v) is 5.58. The van der Waals surface area contributed by atoms with Crippen molar-refractivity contribution in [2.24, 2.45) is 0 Å². The van der Waals surface area contributed by atoms with Gasteiger partial charge in [-0.15, -0.1) is 0 Å². The van der Waals surface area contributed by atoms with Crippen molar-refractivity contribution in [2.75, 3.05) is 0 Å². The summed E-state index contributed by atoms with van der Waals surface area (Å²) in [5.41, 5.74) is 4.17. The van der Waals surface area contributed by atoms with Crippen LogP contribution in [0.1, 0.15) is 69.8 Å². The Kier molecular flexibility index (Phi) is 10.6. The second kappa shape index (κ2) is 12.7. The number of hydrogen-bond donors (Lipinski definition) is 0. The normalized spacial score (nSPS) is 11.7. The molecule has 0 saturated heterocycles. The molecule has 0 atom stereocenters. The Morgan fingerprint density at radius 3 is 1.70 bits per heavy atom. The van der Waals surface area contributed by atoms with Crippen LogP contribution in [0.15, 0.2) is 54.6 Å². The fourth-order valence-corrected chi connectivity index (χ4v) is 3.92. The molecule has 0 radical (unpaired) electrons. The van der Waals surface area contributed by atoms with E-state index in [4.69, 9.17) is 34.8 Å². The SMILES string of the molecule is ClC(Cl)(Cl)CCCCCCCCCCCc1ccccc1-c1ccccc1. The largest absolute Gasteiger partial charge is 0.190 e. The lowest BCUT2D eigenvalue weighted by molar-refractivity contribution is 0.553. The molecule has 2 aromatic carbocycles. The number of halogens is 3. The zero-order chi connectivity index (χ0) is 19.4. The maximum absolute atomic E-state index is 5.76. The molecular formula is C24H31Cl3. The predicted molar refractivity (Wildman–Crippen MR) is 122 cm³/mol. The third kappa shape index (κ3) is 9.88. The molecule has 0 nitrogen and oxygen atoms in total. The van der Waals surface area contributed by atoms with Crippen LogP contribution in [0.5, 0.6) is 0 Å². The van der Waals surface area contributed by atoms with E-state index in [9.17, 15) is 0 Å². The Balaban J connectivity index is 1.55. The van der Waals surface area contributed by atoms with Crippen molar-refractivity contribution in [3.8, 4) is 11.1 Å². The summed E-state index contributed by atoms with van der Waals surface area (Å²) >= 11 is 17.3. The number of alkyl halides is 3. The average Bonchev–Trinajstić information content (AvgIpc) is 2.66. The van der Waals surface area contributed by atoms with Crippen LogP contribution in [0.3, 0.4) is 0 Å². The summed E-state index contributed by atoms with van der Waals surface area (Å²) in [7, 11) is 0. The molecule has 0 aliphatic heterocycles. The summed E-state index contributed by atoms with van der Waals surface area (Å²) in [6.07, 6.45) is 13.2. The van der Waals surface area contributed by atoms with Crippen LogP contribution >= 0.6 is 34.8 Å². The van der Waals surface area contributed by atoms with Gasteiger partial charge in [-0.2, -0.15) is 0 Å². The van der Waals surface area contributed by atoms with E-state index in [2.05, 4.69) is 54.6 Å². The van der Waals surface area contributed by atoms with Crippen LogP contribution in [-0.2, 0) is 6.42 Å². The minimum Gasteiger partial charge on any atom is -0.0837 e. The van der Waals surface area contributed by atoms with Gasteiger partial charge in [-0.3, -0.25) is 0 Å². The Hall–Kier alpha value is -0.690. The van der Waals surface area contributed by atoms with Gasteiger partial charge >= 0.3 is 0 Å². The molecule has 0 N–H and O–H groups in total. The summed E-state index contributed by atoms with van der Waals surface area (Å²) < 4.78 is -1.07. The molecule has 2 aromatic rings. The summed E-state index contributed by atoms with van der Waals surface area (Å²) in [6.45, 7) is 0. The molecule has 0 aromatic heterocycles. The van der Waals surface area contributed by atoms with Crippen molar-refractivity contribution in [1.82, 2.24) is 0 Å². The minimum absolute atomic E-state index is 0.669. The highest BCUT2D eigenvalue weighted by atomic mass is 35.6. The highest BCUT2D eigenvalue weighted by molar-refractivity contribution is 6.67. The van der Waals surface area contributed by atoms with Gasteiger partial charge in [0.1, 0.15) is 0 Å². The predicted octanol–water partition coefficient (Wildman–Crippen LogP) is 9.17. The second-order valence-electron chi connectivity index (χ2n) is 7.32. The van der Waals surface area contributed by atoms with Crippen molar-refractivity contribution in [1.29, 1.82) is 0 Å². The third-order valence-electron chi connectivity index (χ3n) is 5.01. The number of aryl methyl sites for hydroxylation is 1. The van der Waals surface area contributed by atoms with Crippen LogP contribution in [0.2, 0.25) is 0 Å². The highest BCUT2D eigenvalue weighted by Crippen LogP contribution is 2.32. The topological polar surface area (TPSA) is 0 Å². The van der Waals surface area contributed by atoms with E-state index in [0.29, 0.717) is 6.42 Å². The molecule has 0 bridgehead atoms. The van der Waals surface area contributed by atoms with Crippen LogP contribution in [0, 0.1) is 0 Å². The first-order valence-corrected chi connectivity index (χ1v) is 11.4. The van der Waals surface area contributed by atoms with E-state index in [0.717, 1.165) is 6.42 Å². The lowest BCUT2D eigenvalue weighted by Gasteiger charge is -2.10. The molecule has 0 fully saturated rings. The molecule has 0 aliphatic rings. The molecule has 0 heterocycles. The van der Waals surface area contributed by atoms with Crippen LogP contribution in [0.25, 0.3) is 11.1 Å². The van der Waals surface area contributed by atoms with Gasteiger partial charge in [0.25, 0.3) is 0 Å². The Bertz CT molecular complexity index is 632. The van der Waals surface area contributed by atoms with Crippen molar-refractivity contribution >= 4 is 34.8 Å². The van der Waals surface area contributed by atoms with E-state index in [1.807, 2.05) is 0 Å². The van der Waals surface area contributed by atoms with E-state index in [1.54, 1.807) is 0 Å². The molecule has 0 aliphatic carbocycles. The summed E-state index contributed by atoms with van der Waals surface area (Å²) in [4.78, 5) is 0. The van der Waals surface area contributed by atoms with Gasteiger partial charge in [0, 0.05) is 0 Å². The molecule has 2 rings (SSSR count). The van der Waals surface area contributed by atoms with Crippen molar-refractivity contribution in [3.63, 3.8) is 0 Å². The van der Waals surface area contributed by atoms with E-state index >= 15 is 0 Å². The molecule has 3 heteroatoms. The quantitative estimate of drug-likeness (QED) is 0.235. The van der Waals surface area contributed by atoms with Crippen LogP contribution < -0.4 is 0 Å². The van der Waals surface area contributed by atoms with Gasteiger partial charge in [-0.25, -0.2) is 0 Å². The second-order valence-corrected chi connectivity index (χ2v) is 9.84. The van der Waals surface area contributed by atoms with Crippen molar-refractivity contribution < 1.29 is 0 Å². The average molecular weight is 426 g/mol. The molecule has 0 unspecified atom stereocenters. The number of rotatable bonds is 12. The summed E-state index contributed by atoms with van der Waals surface area (Å²) in [6, 6.07) is 19.5. The standard InChI is InChI=1S/C24H31Cl3/c25-24(26,27)20-14-7-5-3-1-2-4-6-9-15-22-18-12-13-19-23(22)21-16-10-8-11-17-21/h8,10-13,16-19H,1-7,9,14-15,20H2. The molecule has 27 heavy (non-hydrogen) atoms. The van der Waals surface area contributed by atoms with E-state index in [-0.39, 0.29) is 0 Å². The molecule has 148 valence electrons. The fourth-order valence-electron chi connectivity index (χ4n) is 3.52. The highest BCUT2D eigenvalue weighted by Gasteiger charge is 2.17. The van der Waals surface area contributed by atoms with Gasteiger partial charge in [-0.1, -0.05) is 134 Å². The Labute approximate surface area is 180 Å². The number of benzene rings is 2. The van der Waals surface area contributed by atoms with Crippen LogP contribution in [-0.4, -0.2) is 3.79 Å². The number of hydrogen-bond acceptors (Lipinski definition) is 0. The van der Waals surface area contributed by atoms with E-state index in [1.165, 1.54) is 74.5 Å². The van der Waals surface area contributed by atoms with Crippen LogP contribution in [0.4, 0.5) is 0 Å². The number of unbranched alkanes of at least 4 members (excludes halogenated alkanes) is 8. The van der Waals surface area contributed by atoms with Gasteiger partial charge in [0.15, 0.2) is 3.79 Å². The molecular weight excluding hydrogens is 395 g/mol. The molecule has 0 spiro atoms. The minimum atomic E-state index is -1.07. The summed E-state index contributed by atoms with van der Waals surface area (Å²) in [5.74, 6) is 0. The lowest BCUT2D eigenvalue weighted by Crippen LogP contribution is -2.00. The van der Waals surface area contributed by atoms with Gasteiger partial charge in [0.05, 0.1) is 0 Å². The lowest BCUT2D eigenvalue weighted by atomic mass is 9.95. The first-order valence-electron chi connectivity index (χ1n) is 10.3. The van der Waals surface area contributed by atoms with Crippen molar-refractivity contribution in [2.45, 2.75) is 74.4 Å².